The van der Waals surface area contributed by atoms with Crippen LogP contribution in [0.25, 0.3) is 0 Å². The molecule has 0 atom stereocenters. The van der Waals surface area contributed by atoms with Crippen LogP contribution in [0.15, 0.2) is 0 Å². The molecule has 1 aliphatic carbocycles. The van der Waals surface area contributed by atoms with Crippen molar-refractivity contribution >= 4 is 0 Å². The zero-order valence-corrected chi connectivity index (χ0v) is 8.02. The summed E-state index contributed by atoms with van der Waals surface area (Å²) in [5, 5.41) is 4.60. The van der Waals surface area contributed by atoms with Crippen molar-refractivity contribution in [2.75, 3.05) is 13.1 Å². The summed E-state index contributed by atoms with van der Waals surface area (Å²) in [7, 11) is 0. The van der Waals surface area contributed by atoms with Gasteiger partial charge in [-0.05, 0) is 31.1 Å². The highest BCUT2D eigenvalue weighted by Gasteiger charge is 2.32. The third kappa shape index (κ3) is 1.82. The van der Waals surface area contributed by atoms with Crippen molar-refractivity contribution in [3.05, 3.63) is 0 Å². The van der Waals surface area contributed by atoms with Crippen molar-refractivity contribution < 1.29 is 0 Å². The van der Waals surface area contributed by atoms with E-state index in [1.165, 1.54) is 57.9 Å². The Labute approximate surface area is 75.9 Å². The summed E-state index contributed by atoms with van der Waals surface area (Å²) in [4.78, 5) is 0. The van der Waals surface area contributed by atoms with Crippen molar-refractivity contribution in [3.8, 4) is 0 Å². The third-order valence-corrected chi connectivity index (χ3v) is 3.63. The first kappa shape index (κ1) is 8.55. The minimum Gasteiger partial charge on any atom is -0.241 e. The lowest BCUT2D eigenvalue weighted by Gasteiger charge is -2.36. The first-order valence-corrected chi connectivity index (χ1v) is 5.55. The first-order chi connectivity index (χ1) is 5.91. The molecule has 1 heterocycles. The average molecular weight is 166 g/mol. The van der Waals surface area contributed by atoms with Gasteiger partial charge >= 0.3 is 0 Å². The van der Waals surface area contributed by atoms with Gasteiger partial charge in [-0.3, -0.25) is 0 Å². The molecular weight excluding hydrogens is 146 g/mol. The van der Waals surface area contributed by atoms with Gasteiger partial charge in [0.05, 0.1) is 0 Å². The minimum absolute atomic E-state index is 0.675. The lowest BCUT2D eigenvalue weighted by Crippen LogP contribution is -2.35. The van der Waals surface area contributed by atoms with Crippen LogP contribution in [-0.4, -0.2) is 13.1 Å². The molecule has 0 aromatic carbocycles. The van der Waals surface area contributed by atoms with Crippen LogP contribution in [0.4, 0.5) is 0 Å². The van der Waals surface area contributed by atoms with Crippen molar-refractivity contribution in [3.63, 3.8) is 0 Å². The predicted molar refractivity (Wildman–Crippen MR) is 51.2 cm³/mol. The molecule has 1 nitrogen and oxygen atoms in total. The summed E-state index contributed by atoms with van der Waals surface area (Å²) < 4.78 is 0. The Hall–Kier alpha value is -0.0400. The van der Waals surface area contributed by atoms with Gasteiger partial charge in [0.1, 0.15) is 0 Å². The monoisotopic (exact) mass is 166 g/mol. The number of nitrogens with zero attached hydrogens (tertiary/aromatic N) is 1. The molecule has 0 N–H and O–H groups in total. The number of hydrogen-bond donors (Lipinski definition) is 0. The highest BCUT2D eigenvalue weighted by molar-refractivity contribution is 4.86. The fourth-order valence-electron chi connectivity index (χ4n) is 2.85. The van der Waals surface area contributed by atoms with E-state index in [9.17, 15) is 0 Å². The molecule has 0 unspecified atom stereocenters. The van der Waals surface area contributed by atoms with E-state index in [1.54, 1.807) is 0 Å². The Morgan fingerprint density at radius 2 is 1.42 bits per heavy atom. The molecule has 2 fully saturated rings. The lowest BCUT2D eigenvalue weighted by atomic mass is 9.75. The summed E-state index contributed by atoms with van der Waals surface area (Å²) in [5.41, 5.74) is 0.675. The summed E-state index contributed by atoms with van der Waals surface area (Å²) in [6, 6.07) is 0. The van der Waals surface area contributed by atoms with E-state index >= 15 is 0 Å². The van der Waals surface area contributed by atoms with Crippen LogP contribution < -0.4 is 5.32 Å². The molecular formula is C11H20N. The number of piperidine rings is 1. The minimum atomic E-state index is 0.675. The van der Waals surface area contributed by atoms with Gasteiger partial charge in [-0.1, -0.05) is 25.7 Å². The van der Waals surface area contributed by atoms with Gasteiger partial charge < -0.3 is 0 Å². The van der Waals surface area contributed by atoms with Crippen LogP contribution in [0.5, 0.6) is 0 Å². The Balaban J connectivity index is 1.95. The van der Waals surface area contributed by atoms with Crippen LogP contribution in [0.3, 0.4) is 0 Å². The van der Waals surface area contributed by atoms with Gasteiger partial charge in [0, 0.05) is 13.1 Å². The zero-order valence-electron chi connectivity index (χ0n) is 8.02. The molecule has 69 valence electrons. The summed E-state index contributed by atoms with van der Waals surface area (Å²) in [5.74, 6) is 0. The highest BCUT2D eigenvalue weighted by atomic mass is 14.9. The molecule has 1 saturated heterocycles. The van der Waals surface area contributed by atoms with Crippen LogP contribution >= 0.6 is 0 Å². The average Bonchev–Trinajstić information content (AvgIpc) is 2.33. The lowest BCUT2D eigenvalue weighted by molar-refractivity contribution is 0.176. The van der Waals surface area contributed by atoms with E-state index in [2.05, 4.69) is 5.32 Å². The number of hydrogen-bond acceptors (Lipinski definition) is 0. The number of rotatable bonds is 0. The Bertz CT molecular complexity index is 126. The van der Waals surface area contributed by atoms with Crippen molar-refractivity contribution in [2.24, 2.45) is 5.41 Å². The second-order valence-corrected chi connectivity index (χ2v) is 4.62. The van der Waals surface area contributed by atoms with Gasteiger partial charge in [-0.2, -0.15) is 0 Å². The van der Waals surface area contributed by atoms with Gasteiger partial charge in [0.15, 0.2) is 0 Å². The van der Waals surface area contributed by atoms with Gasteiger partial charge in [-0.25, -0.2) is 5.32 Å². The van der Waals surface area contributed by atoms with Gasteiger partial charge in [-0.15, -0.1) is 0 Å². The van der Waals surface area contributed by atoms with Crippen LogP contribution in [0, 0.1) is 5.41 Å². The summed E-state index contributed by atoms with van der Waals surface area (Å²) in [6.45, 7) is 2.33. The van der Waals surface area contributed by atoms with Gasteiger partial charge in [0.2, 0.25) is 0 Å². The Morgan fingerprint density at radius 3 is 2.00 bits per heavy atom. The summed E-state index contributed by atoms with van der Waals surface area (Å²) in [6.07, 6.45) is 11.7. The first-order valence-electron chi connectivity index (χ1n) is 5.55. The predicted octanol–water partition coefficient (Wildman–Crippen LogP) is 2.73. The quantitative estimate of drug-likeness (QED) is 0.525. The second kappa shape index (κ2) is 3.78. The molecule has 0 bridgehead atoms. The van der Waals surface area contributed by atoms with Crippen LogP contribution in [0.1, 0.15) is 51.4 Å². The summed E-state index contributed by atoms with van der Waals surface area (Å²) >= 11 is 0. The highest BCUT2D eigenvalue weighted by Crippen LogP contribution is 2.40. The molecule has 2 rings (SSSR count). The molecule has 1 aliphatic heterocycles. The standard InChI is InChI=1S/C11H20N/c1-2-4-7-11(6-3-1)8-5-9-12-10-11/h1-10H2. The fraction of sp³-hybridized carbons (Fsp3) is 1.00. The zero-order chi connectivity index (χ0) is 8.28. The topological polar surface area (TPSA) is 14.1 Å². The van der Waals surface area contributed by atoms with E-state index < -0.39 is 0 Å². The van der Waals surface area contributed by atoms with Gasteiger partial charge in [0.25, 0.3) is 0 Å². The van der Waals surface area contributed by atoms with E-state index in [1.807, 2.05) is 0 Å². The van der Waals surface area contributed by atoms with Crippen LogP contribution in [-0.2, 0) is 0 Å². The molecule has 0 aromatic heterocycles. The second-order valence-electron chi connectivity index (χ2n) is 4.62. The maximum absolute atomic E-state index is 4.60. The van der Waals surface area contributed by atoms with Crippen molar-refractivity contribution in [1.29, 1.82) is 0 Å². The van der Waals surface area contributed by atoms with Crippen molar-refractivity contribution in [2.45, 2.75) is 51.4 Å². The Kier molecular flexibility index (Phi) is 2.69. The maximum Gasteiger partial charge on any atom is 0.0189 e. The molecule has 1 spiro atoms. The van der Waals surface area contributed by atoms with Crippen molar-refractivity contribution in [1.82, 2.24) is 5.32 Å². The van der Waals surface area contributed by atoms with E-state index in [4.69, 9.17) is 0 Å². The molecule has 12 heavy (non-hydrogen) atoms. The van der Waals surface area contributed by atoms with E-state index in [0.29, 0.717) is 5.41 Å². The Morgan fingerprint density at radius 1 is 0.750 bits per heavy atom. The largest absolute Gasteiger partial charge is 0.241 e. The van der Waals surface area contributed by atoms with Crippen LogP contribution in [0.2, 0.25) is 0 Å². The smallest absolute Gasteiger partial charge is 0.0189 e. The molecule has 0 aromatic rings. The molecule has 2 aliphatic rings. The molecule has 0 amide bonds. The van der Waals surface area contributed by atoms with E-state index in [-0.39, 0.29) is 0 Å². The maximum atomic E-state index is 4.60. The molecule has 1 radical (unpaired) electrons. The molecule has 1 saturated carbocycles. The van der Waals surface area contributed by atoms with E-state index in [0.717, 1.165) is 6.54 Å². The fourth-order valence-corrected chi connectivity index (χ4v) is 2.85. The SMILES string of the molecule is C1CCCC2(CC1)CCC[N]C2. The normalized spacial score (nSPS) is 30.0. The third-order valence-electron chi connectivity index (χ3n) is 3.63. The molecule has 1 heteroatoms.